The van der Waals surface area contributed by atoms with Gasteiger partial charge in [-0.2, -0.15) is 0 Å². The van der Waals surface area contributed by atoms with Gasteiger partial charge in [-0.1, -0.05) is 60.7 Å². The van der Waals surface area contributed by atoms with Gasteiger partial charge in [0, 0.05) is 6.54 Å². The molecule has 0 spiro atoms. The highest BCUT2D eigenvalue weighted by Gasteiger charge is 2.21. The molecule has 33 heavy (non-hydrogen) atoms. The van der Waals surface area contributed by atoms with Gasteiger partial charge >= 0.3 is 5.97 Å². The smallest absolute Gasteiger partial charge is 0.349 e. The van der Waals surface area contributed by atoms with E-state index in [0.717, 1.165) is 22.5 Å². The Morgan fingerprint density at radius 2 is 1.70 bits per heavy atom. The molecule has 0 fully saturated rings. The first-order valence-corrected chi connectivity index (χ1v) is 11.3. The normalized spacial score (nSPS) is 10.8. The van der Waals surface area contributed by atoms with Gasteiger partial charge in [-0.15, -0.1) is 11.3 Å². The van der Waals surface area contributed by atoms with Gasteiger partial charge in [0.1, 0.15) is 22.9 Å². The van der Waals surface area contributed by atoms with Crippen molar-refractivity contribution < 1.29 is 14.3 Å². The van der Waals surface area contributed by atoms with Crippen molar-refractivity contribution in [3.63, 3.8) is 0 Å². The zero-order valence-electron chi connectivity index (χ0n) is 18.1. The van der Waals surface area contributed by atoms with E-state index >= 15 is 0 Å². The minimum Gasteiger partial charge on any atom is -0.457 e. The quantitative estimate of drug-likeness (QED) is 0.406. The Kier molecular flexibility index (Phi) is 6.95. The second-order valence-electron chi connectivity index (χ2n) is 7.56. The first-order valence-electron chi connectivity index (χ1n) is 10.5. The number of hydrogen-bond donors (Lipinski definition) is 1. The number of benzene rings is 2. The number of aromatic nitrogens is 2. The highest BCUT2D eigenvalue weighted by molar-refractivity contribution is 7.20. The van der Waals surface area contributed by atoms with Gasteiger partial charge in [-0.3, -0.25) is 14.2 Å². The van der Waals surface area contributed by atoms with E-state index < -0.39 is 5.97 Å². The summed E-state index contributed by atoms with van der Waals surface area (Å²) in [5.74, 6) is -0.770. The van der Waals surface area contributed by atoms with Crippen LogP contribution in [0, 0.1) is 6.92 Å². The lowest BCUT2D eigenvalue weighted by atomic mass is 10.1. The number of aryl methyl sites for hydroxylation is 1. The van der Waals surface area contributed by atoms with Crippen LogP contribution in [0.15, 0.2) is 71.8 Å². The summed E-state index contributed by atoms with van der Waals surface area (Å²) in [5.41, 5.74) is 2.17. The Balaban J connectivity index is 1.43. The topological polar surface area (TPSA) is 90.3 Å². The third kappa shape index (κ3) is 5.35. The van der Waals surface area contributed by atoms with Gasteiger partial charge in [0.05, 0.1) is 11.7 Å². The fraction of sp³-hybridized carbons (Fsp3) is 0.200. The SMILES string of the molecule is Cc1c(C(=O)OCc2ccccc2)sc2ncn(CC(=O)NCCc3ccccc3)c(=O)c12. The second kappa shape index (κ2) is 10.2. The number of thiophene rings is 1. The lowest BCUT2D eigenvalue weighted by molar-refractivity contribution is -0.121. The van der Waals surface area contributed by atoms with E-state index in [1.807, 2.05) is 60.7 Å². The predicted molar refractivity (Wildman–Crippen MR) is 127 cm³/mol. The zero-order chi connectivity index (χ0) is 23.2. The molecule has 4 aromatic rings. The van der Waals surface area contributed by atoms with Crippen molar-refractivity contribution in [1.82, 2.24) is 14.9 Å². The number of esters is 1. The maximum Gasteiger partial charge on any atom is 0.349 e. The number of rotatable bonds is 8. The lowest BCUT2D eigenvalue weighted by Gasteiger charge is -2.07. The summed E-state index contributed by atoms with van der Waals surface area (Å²) in [7, 11) is 0. The number of fused-ring (bicyclic) bond motifs is 1. The van der Waals surface area contributed by atoms with Crippen molar-refractivity contribution in [1.29, 1.82) is 0 Å². The predicted octanol–water partition coefficient (Wildman–Crippen LogP) is 3.48. The molecule has 0 unspecified atom stereocenters. The molecule has 7 nitrogen and oxygen atoms in total. The van der Waals surface area contributed by atoms with Gasteiger partial charge in [-0.05, 0) is 30.0 Å². The summed E-state index contributed by atoms with van der Waals surface area (Å²) in [4.78, 5) is 43.0. The molecule has 0 bridgehead atoms. The standard InChI is InChI=1S/C25H23N3O4S/c1-17-21-23(33-22(17)25(31)32-15-19-10-6-3-7-11-19)27-16-28(24(21)30)14-20(29)26-13-12-18-8-4-2-5-9-18/h2-11,16H,12-15H2,1H3,(H,26,29). The van der Waals surface area contributed by atoms with Crippen LogP contribution in [0.4, 0.5) is 0 Å². The van der Waals surface area contributed by atoms with Crippen LogP contribution in [-0.4, -0.2) is 28.0 Å². The van der Waals surface area contributed by atoms with Crippen molar-refractivity contribution >= 4 is 33.4 Å². The van der Waals surface area contributed by atoms with Gasteiger partial charge in [0.15, 0.2) is 0 Å². The minimum absolute atomic E-state index is 0.139. The summed E-state index contributed by atoms with van der Waals surface area (Å²) in [6.07, 6.45) is 2.05. The highest BCUT2D eigenvalue weighted by atomic mass is 32.1. The van der Waals surface area contributed by atoms with Gasteiger partial charge in [-0.25, -0.2) is 9.78 Å². The molecule has 0 aliphatic rings. The molecule has 0 saturated heterocycles. The van der Waals surface area contributed by atoms with Crippen LogP contribution in [0.1, 0.15) is 26.4 Å². The largest absolute Gasteiger partial charge is 0.457 e. The Labute approximate surface area is 194 Å². The minimum atomic E-state index is -0.496. The highest BCUT2D eigenvalue weighted by Crippen LogP contribution is 2.27. The van der Waals surface area contributed by atoms with Crippen LogP contribution < -0.4 is 10.9 Å². The Hall–Kier alpha value is -3.78. The van der Waals surface area contributed by atoms with E-state index in [-0.39, 0.29) is 24.6 Å². The van der Waals surface area contributed by atoms with Crippen LogP contribution in [-0.2, 0) is 29.1 Å². The molecule has 0 saturated carbocycles. The Bertz CT molecular complexity index is 1330. The lowest BCUT2D eigenvalue weighted by Crippen LogP contribution is -2.33. The molecule has 2 aromatic heterocycles. The van der Waals surface area contributed by atoms with Gasteiger partial charge in [0.2, 0.25) is 5.91 Å². The van der Waals surface area contributed by atoms with Crippen LogP contribution in [0.25, 0.3) is 10.2 Å². The molecule has 1 N–H and O–H groups in total. The summed E-state index contributed by atoms with van der Waals surface area (Å²) >= 11 is 1.12. The molecule has 2 aromatic carbocycles. The monoisotopic (exact) mass is 461 g/mol. The zero-order valence-corrected chi connectivity index (χ0v) is 18.9. The second-order valence-corrected chi connectivity index (χ2v) is 8.56. The van der Waals surface area contributed by atoms with Gasteiger partial charge < -0.3 is 10.1 Å². The third-order valence-electron chi connectivity index (χ3n) is 5.21. The molecule has 168 valence electrons. The first kappa shape index (κ1) is 22.4. The van der Waals surface area contributed by atoms with Crippen molar-refractivity contribution in [3.8, 4) is 0 Å². The maximum absolute atomic E-state index is 13.0. The van der Waals surface area contributed by atoms with E-state index in [1.165, 1.54) is 10.9 Å². The molecule has 4 rings (SSSR count). The Morgan fingerprint density at radius 3 is 2.39 bits per heavy atom. The fourth-order valence-electron chi connectivity index (χ4n) is 3.46. The van der Waals surface area contributed by atoms with Crippen molar-refractivity contribution in [2.45, 2.75) is 26.5 Å². The molecule has 0 aliphatic carbocycles. The summed E-state index contributed by atoms with van der Waals surface area (Å²) < 4.78 is 6.67. The third-order valence-corrected chi connectivity index (χ3v) is 6.39. The van der Waals surface area contributed by atoms with Crippen LogP contribution in [0.3, 0.4) is 0 Å². The van der Waals surface area contributed by atoms with E-state index in [2.05, 4.69) is 10.3 Å². The summed E-state index contributed by atoms with van der Waals surface area (Å²) in [5, 5.41) is 3.17. The number of hydrogen-bond acceptors (Lipinski definition) is 6. The number of ether oxygens (including phenoxy) is 1. The number of nitrogens with one attached hydrogen (secondary N) is 1. The van der Waals surface area contributed by atoms with Crippen LogP contribution >= 0.6 is 11.3 Å². The summed E-state index contributed by atoms with van der Waals surface area (Å²) in [6.45, 7) is 2.18. The molecule has 1 amide bonds. The average molecular weight is 462 g/mol. The van der Waals surface area contributed by atoms with Crippen molar-refractivity contribution in [3.05, 3.63) is 98.9 Å². The molecule has 0 aliphatic heterocycles. The molecule has 0 radical (unpaired) electrons. The summed E-state index contributed by atoms with van der Waals surface area (Å²) in [6, 6.07) is 19.2. The number of carbonyl (C=O) groups excluding carboxylic acids is 2. The van der Waals surface area contributed by atoms with E-state index in [1.54, 1.807) is 6.92 Å². The van der Waals surface area contributed by atoms with E-state index in [0.29, 0.717) is 33.6 Å². The van der Waals surface area contributed by atoms with E-state index in [9.17, 15) is 14.4 Å². The van der Waals surface area contributed by atoms with Crippen molar-refractivity contribution in [2.75, 3.05) is 6.54 Å². The van der Waals surface area contributed by atoms with Gasteiger partial charge in [0.25, 0.3) is 5.56 Å². The number of carbonyl (C=O) groups is 2. The number of nitrogens with zero attached hydrogens (tertiary/aromatic N) is 2. The molecular formula is C25H23N3O4S. The molecule has 0 atom stereocenters. The maximum atomic E-state index is 13.0. The molecule has 8 heteroatoms. The first-order chi connectivity index (χ1) is 16.0. The number of amides is 1. The molecule has 2 heterocycles. The molecular weight excluding hydrogens is 438 g/mol. The van der Waals surface area contributed by atoms with Crippen LogP contribution in [0.5, 0.6) is 0 Å². The van der Waals surface area contributed by atoms with Crippen LogP contribution in [0.2, 0.25) is 0 Å². The van der Waals surface area contributed by atoms with E-state index in [4.69, 9.17) is 4.74 Å². The Morgan fingerprint density at radius 1 is 1.03 bits per heavy atom. The average Bonchev–Trinajstić information content (AvgIpc) is 3.18. The van der Waals surface area contributed by atoms with Crippen molar-refractivity contribution in [2.24, 2.45) is 0 Å². The fourth-order valence-corrected chi connectivity index (χ4v) is 4.49.